The van der Waals surface area contributed by atoms with Gasteiger partial charge < -0.3 is 15.8 Å². The summed E-state index contributed by atoms with van der Waals surface area (Å²) >= 11 is 5.80. The second-order valence-electron chi connectivity index (χ2n) is 3.89. The van der Waals surface area contributed by atoms with Gasteiger partial charge in [-0.25, -0.2) is 0 Å². The topological polar surface area (TPSA) is 64.4 Å². The molecule has 0 unspecified atom stereocenters. The van der Waals surface area contributed by atoms with Crippen molar-refractivity contribution in [1.29, 1.82) is 0 Å². The Balaban J connectivity index is 2.35. The van der Waals surface area contributed by atoms with Crippen molar-refractivity contribution in [2.45, 2.75) is 0 Å². The van der Waals surface area contributed by atoms with E-state index in [-0.39, 0.29) is 5.91 Å². The van der Waals surface area contributed by atoms with Gasteiger partial charge in [0, 0.05) is 23.8 Å². The summed E-state index contributed by atoms with van der Waals surface area (Å²) in [5.74, 6) is 0.755. The molecule has 2 rings (SSSR count). The summed E-state index contributed by atoms with van der Waals surface area (Å²) in [6, 6.07) is 11.8. The molecule has 2 aromatic carbocycles. The number of nitrogens with two attached hydrogens (primary N) is 1. The highest BCUT2D eigenvalue weighted by molar-refractivity contribution is 6.30. The number of anilines is 1. The zero-order chi connectivity index (χ0) is 13.8. The molecule has 0 aliphatic rings. The molecular formula is C14H13ClN2O2. The number of hydrogen-bond acceptors (Lipinski definition) is 3. The van der Waals surface area contributed by atoms with Gasteiger partial charge in [0.2, 0.25) is 0 Å². The van der Waals surface area contributed by atoms with Crippen LogP contribution in [-0.2, 0) is 0 Å². The van der Waals surface area contributed by atoms with Crippen LogP contribution in [-0.4, -0.2) is 13.0 Å². The van der Waals surface area contributed by atoms with E-state index in [1.165, 1.54) is 0 Å². The lowest BCUT2D eigenvalue weighted by molar-refractivity contribution is 0.0961. The average molecular weight is 277 g/mol. The van der Waals surface area contributed by atoms with Crippen LogP contribution in [0.2, 0.25) is 5.02 Å². The van der Waals surface area contributed by atoms with E-state index in [2.05, 4.69) is 5.32 Å². The highest BCUT2D eigenvalue weighted by atomic mass is 35.5. The van der Waals surface area contributed by atoms with Crippen LogP contribution in [0.15, 0.2) is 42.5 Å². The third-order valence-corrected chi connectivity index (χ3v) is 2.77. The first-order valence-corrected chi connectivity index (χ1v) is 6.03. The van der Waals surface area contributed by atoms with Crippen molar-refractivity contribution < 1.29 is 9.53 Å². The number of rotatable bonds is 3. The summed E-state index contributed by atoms with van der Waals surface area (Å²) in [7, 11) is 1.56. The fourth-order valence-electron chi connectivity index (χ4n) is 1.58. The summed E-state index contributed by atoms with van der Waals surface area (Å²) in [5, 5.41) is 3.17. The SMILES string of the molecule is CNC(=O)c1ccc(N)cc1Oc1ccc(Cl)cc1. The van der Waals surface area contributed by atoms with E-state index >= 15 is 0 Å². The Bertz CT molecular complexity index is 597. The van der Waals surface area contributed by atoms with Gasteiger partial charge in [-0.15, -0.1) is 0 Å². The smallest absolute Gasteiger partial charge is 0.254 e. The minimum atomic E-state index is -0.232. The molecule has 0 aliphatic heterocycles. The molecule has 0 saturated carbocycles. The van der Waals surface area contributed by atoms with Crippen molar-refractivity contribution >= 4 is 23.2 Å². The number of hydrogen-bond donors (Lipinski definition) is 2. The van der Waals surface area contributed by atoms with Crippen molar-refractivity contribution in [2.24, 2.45) is 0 Å². The average Bonchev–Trinajstić information content (AvgIpc) is 2.41. The highest BCUT2D eigenvalue weighted by Gasteiger charge is 2.12. The van der Waals surface area contributed by atoms with Crippen molar-refractivity contribution in [3.8, 4) is 11.5 Å². The van der Waals surface area contributed by atoms with Crippen LogP contribution < -0.4 is 15.8 Å². The van der Waals surface area contributed by atoms with Gasteiger partial charge in [0.1, 0.15) is 11.5 Å². The van der Waals surface area contributed by atoms with E-state index in [0.717, 1.165) is 0 Å². The molecule has 0 atom stereocenters. The molecule has 4 nitrogen and oxygen atoms in total. The number of benzene rings is 2. The molecule has 0 bridgehead atoms. The van der Waals surface area contributed by atoms with Crippen LogP contribution in [0.25, 0.3) is 0 Å². The normalized spacial score (nSPS) is 10.0. The summed E-state index contributed by atoms with van der Waals surface area (Å²) in [4.78, 5) is 11.7. The van der Waals surface area contributed by atoms with Gasteiger partial charge >= 0.3 is 0 Å². The molecule has 0 spiro atoms. The van der Waals surface area contributed by atoms with E-state index in [9.17, 15) is 4.79 Å². The predicted octanol–water partition coefficient (Wildman–Crippen LogP) is 3.07. The van der Waals surface area contributed by atoms with Crippen LogP contribution in [0.4, 0.5) is 5.69 Å². The van der Waals surface area contributed by atoms with Crippen LogP contribution in [0.3, 0.4) is 0 Å². The van der Waals surface area contributed by atoms with Crippen LogP contribution in [0.1, 0.15) is 10.4 Å². The summed E-state index contributed by atoms with van der Waals surface area (Å²) in [6.07, 6.45) is 0. The zero-order valence-electron chi connectivity index (χ0n) is 10.3. The molecule has 19 heavy (non-hydrogen) atoms. The number of nitrogen functional groups attached to an aromatic ring is 1. The van der Waals surface area contributed by atoms with Crippen molar-refractivity contribution in [1.82, 2.24) is 5.32 Å². The quantitative estimate of drug-likeness (QED) is 0.847. The second-order valence-corrected chi connectivity index (χ2v) is 4.33. The third kappa shape index (κ3) is 3.17. The van der Waals surface area contributed by atoms with Crippen molar-refractivity contribution in [3.63, 3.8) is 0 Å². The van der Waals surface area contributed by atoms with Gasteiger partial charge in [0.15, 0.2) is 0 Å². The fourth-order valence-corrected chi connectivity index (χ4v) is 1.70. The Hall–Kier alpha value is -2.20. The zero-order valence-corrected chi connectivity index (χ0v) is 11.1. The largest absolute Gasteiger partial charge is 0.456 e. The van der Waals surface area contributed by atoms with Crippen LogP contribution in [0.5, 0.6) is 11.5 Å². The Morgan fingerprint density at radius 3 is 2.53 bits per heavy atom. The Kier molecular flexibility index (Phi) is 3.92. The van der Waals surface area contributed by atoms with Gasteiger partial charge in [-0.3, -0.25) is 4.79 Å². The Labute approximate surface area is 116 Å². The maximum absolute atomic E-state index is 11.7. The maximum Gasteiger partial charge on any atom is 0.254 e. The molecule has 0 saturated heterocycles. The molecule has 1 amide bonds. The number of carbonyl (C=O) groups excluding carboxylic acids is 1. The standard InChI is InChI=1S/C14H13ClN2O2/c1-17-14(18)12-7-4-10(16)8-13(12)19-11-5-2-9(15)3-6-11/h2-8H,16H2,1H3,(H,17,18). The number of nitrogens with one attached hydrogen (secondary N) is 1. The summed E-state index contributed by atoms with van der Waals surface area (Å²) in [6.45, 7) is 0. The van der Waals surface area contributed by atoms with E-state index in [1.807, 2.05) is 0 Å². The minimum absolute atomic E-state index is 0.232. The van der Waals surface area contributed by atoms with Gasteiger partial charge in [0.05, 0.1) is 5.56 Å². The third-order valence-electron chi connectivity index (χ3n) is 2.52. The Morgan fingerprint density at radius 2 is 1.89 bits per heavy atom. The fraction of sp³-hybridized carbons (Fsp3) is 0.0714. The van der Waals surface area contributed by atoms with Gasteiger partial charge in [0.25, 0.3) is 5.91 Å². The maximum atomic E-state index is 11.7. The molecule has 98 valence electrons. The number of halogens is 1. The number of ether oxygens (including phenoxy) is 1. The molecule has 5 heteroatoms. The first-order valence-electron chi connectivity index (χ1n) is 5.65. The predicted molar refractivity (Wildman–Crippen MR) is 75.8 cm³/mol. The molecule has 0 aromatic heterocycles. The lowest BCUT2D eigenvalue weighted by Gasteiger charge is -2.11. The first-order chi connectivity index (χ1) is 9.10. The monoisotopic (exact) mass is 276 g/mol. The number of amides is 1. The molecule has 0 fully saturated rings. The molecule has 0 heterocycles. The lowest BCUT2D eigenvalue weighted by atomic mass is 10.1. The molecular weight excluding hydrogens is 264 g/mol. The van der Waals surface area contributed by atoms with Crippen LogP contribution in [0, 0.1) is 0 Å². The molecule has 0 radical (unpaired) electrons. The van der Waals surface area contributed by atoms with E-state index < -0.39 is 0 Å². The summed E-state index contributed by atoms with van der Waals surface area (Å²) < 4.78 is 5.67. The van der Waals surface area contributed by atoms with E-state index in [1.54, 1.807) is 49.5 Å². The molecule has 0 aliphatic carbocycles. The summed E-state index contributed by atoms with van der Waals surface area (Å²) in [5.41, 5.74) is 6.66. The Morgan fingerprint density at radius 1 is 1.21 bits per heavy atom. The number of carbonyl (C=O) groups is 1. The highest BCUT2D eigenvalue weighted by Crippen LogP contribution is 2.28. The first kappa shape index (κ1) is 13.2. The van der Waals surface area contributed by atoms with Crippen molar-refractivity contribution in [2.75, 3.05) is 12.8 Å². The van der Waals surface area contributed by atoms with Gasteiger partial charge in [-0.05, 0) is 36.4 Å². The van der Waals surface area contributed by atoms with Crippen LogP contribution >= 0.6 is 11.6 Å². The van der Waals surface area contributed by atoms with Gasteiger partial charge in [-0.2, -0.15) is 0 Å². The van der Waals surface area contributed by atoms with Gasteiger partial charge in [-0.1, -0.05) is 11.6 Å². The minimum Gasteiger partial charge on any atom is -0.456 e. The van der Waals surface area contributed by atoms with E-state index in [0.29, 0.717) is 27.8 Å². The van der Waals surface area contributed by atoms with E-state index in [4.69, 9.17) is 22.1 Å². The van der Waals surface area contributed by atoms with Crippen molar-refractivity contribution in [3.05, 3.63) is 53.1 Å². The second kappa shape index (κ2) is 5.63. The lowest BCUT2D eigenvalue weighted by Crippen LogP contribution is -2.18. The molecule has 2 aromatic rings. The molecule has 3 N–H and O–H groups in total.